The van der Waals surface area contributed by atoms with Crippen LogP contribution in [0.25, 0.3) is 0 Å². The highest BCUT2D eigenvalue weighted by Gasteiger charge is 2.34. The molecule has 1 aromatic rings. The van der Waals surface area contributed by atoms with Crippen LogP contribution in [0.15, 0.2) is 24.3 Å². The van der Waals surface area contributed by atoms with Crippen LogP contribution in [0.4, 0.5) is 0 Å². The van der Waals surface area contributed by atoms with Gasteiger partial charge in [-0.05, 0) is 49.6 Å². The predicted molar refractivity (Wildman–Crippen MR) is 85.4 cm³/mol. The van der Waals surface area contributed by atoms with Gasteiger partial charge in [0.15, 0.2) is 0 Å². The first-order chi connectivity index (χ1) is 9.69. The summed E-state index contributed by atoms with van der Waals surface area (Å²) in [6.07, 6.45) is 4.64. The van der Waals surface area contributed by atoms with Gasteiger partial charge in [-0.1, -0.05) is 12.1 Å². The number of hydrogen-bond donors (Lipinski definition) is 2. The van der Waals surface area contributed by atoms with Gasteiger partial charge in [0.1, 0.15) is 5.75 Å². The molecule has 1 aromatic carbocycles. The highest BCUT2D eigenvalue weighted by molar-refractivity contribution is 7.99. The normalized spacial score (nSPS) is 19.4. The molecule has 0 heterocycles. The molecule has 112 valence electrons. The smallest absolute Gasteiger partial charge is 0.118 e. The molecule has 0 spiro atoms. The Labute approximate surface area is 126 Å². The molecule has 3 atom stereocenters. The van der Waals surface area contributed by atoms with Gasteiger partial charge in [-0.3, -0.25) is 0 Å². The van der Waals surface area contributed by atoms with Crippen LogP contribution in [0.1, 0.15) is 31.4 Å². The van der Waals surface area contributed by atoms with Crippen molar-refractivity contribution in [1.82, 2.24) is 5.32 Å². The summed E-state index contributed by atoms with van der Waals surface area (Å²) in [4.78, 5) is 0. The summed E-state index contributed by atoms with van der Waals surface area (Å²) in [6.45, 7) is 2.38. The van der Waals surface area contributed by atoms with E-state index in [0.717, 1.165) is 11.7 Å². The molecule has 2 rings (SSSR count). The number of benzene rings is 1. The van der Waals surface area contributed by atoms with Crippen LogP contribution >= 0.6 is 11.8 Å². The molecule has 4 heteroatoms. The first-order valence-electron chi connectivity index (χ1n) is 7.23. The molecule has 1 aliphatic carbocycles. The second-order valence-electron chi connectivity index (χ2n) is 5.50. The third-order valence-corrected chi connectivity index (χ3v) is 5.21. The van der Waals surface area contributed by atoms with Crippen LogP contribution in [0.2, 0.25) is 0 Å². The molecular formula is C16H25NO2S. The molecule has 2 N–H and O–H groups in total. The molecule has 20 heavy (non-hydrogen) atoms. The van der Waals surface area contributed by atoms with Crippen molar-refractivity contribution in [2.45, 2.75) is 37.1 Å². The summed E-state index contributed by atoms with van der Waals surface area (Å²) >= 11 is 1.72. The van der Waals surface area contributed by atoms with E-state index in [0.29, 0.717) is 12.1 Å². The number of aliphatic hydroxyl groups is 1. The molecule has 0 bridgehead atoms. The molecule has 1 fully saturated rings. The van der Waals surface area contributed by atoms with Crippen molar-refractivity contribution in [3.05, 3.63) is 29.8 Å². The molecular weight excluding hydrogens is 270 g/mol. The van der Waals surface area contributed by atoms with Gasteiger partial charge >= 0.3 is 0 Å². The molecule has 0 saturated heterocycles. The Bertz CT molecular complexity index is 401. The highest BCUT2D eigenvalue weighted by Crippen LogP contribution is 2.41. The SMILES string of the molecule is COc1ccc(C(NC(C)C(CO)SC)C2CC2)cc1. The van der Waals surface area contributed by atoms with Crippen LogP contribution in [-0.2, 0) is 0 Å². The lowest BCUT2D eigenvalue weighted by atomic mass is 10.0. The minimum Gasteiger partial charge on any atom is -0.497 e. The topological polar surface area (TPSA) is 41.5 Å². The Kier molecular flexibility index (Phi) is 5.75. The first kappa shape index (κ1) is 15.7. The summed E-state index contributed by atoms with van der Waals surface area (Å²) in [6, 6.07) is 9.02. The highest BCUT2D eigenvalue weighted by atomic mass is 32.2. The summed E-state index contributed by atoms with van der Waals surface area (Å²) < 4.78 is 5.22. The summed E-state index contributed by atoms with van der Waals surface area (Å²) in [5.74, 6) is 1.63. The van der Waals surface area contributed by atoms with Crippen molar-refractivity contribution in [3.8, 4) is 5.75 Å². The first-order valence-corrected chi connectivity index (χ1v) is 8.52. The fourth-order valence-electron chi connectivity index (χ4n) is 2.57. The molecule has 3 nitrogen and oxygen atoms in total. The maximum atomic E-state index is 9.43. The van der Waals surface area contributed by atoms with E-state index in [1.165, 1.54) is 18.4 Å². The van der Waals surface area contributed by atoms with E-state index in [9.17, 15) is 5.11 Å². The van der Waals surface area contributed by atoms with E-state index in [1.54, 1.807) is 18.9 Å². The van der Waals surface area contributed by atoms with Crippen LogP contribution in [0.3, 0.4) is 0 Å². The van der Waals surface area contributed by atoms with Crippen molar-refractivity contribution in [2.75, 3.05) is 20.0 Å². The van der Waals surface area contributed by atoms with E-state index in [2.05, 4.69) is 30.6 Å². The van der Waals surface area contributed by atoms with Crippen molar-refractivity contribution < 1.29 is 9.84 Å². The van der Waals surface area contributed by atoms with Crippen molar-refractivity contribution in [3.63, 3.8) is 0 Å². The zero-order valence-corrected chi connectivity index (χ0v) is 13.3. The van der Waals surface area contributed by atoms with Gasteiger partial charge in [0.25, 0.3) is 0 Å². The quantitative estimate of drug-likeness (QED) is 0.774. The summed E-state index contributed by atoms with van der Waals surface area (Å²) in [5, 5.41) is 13.4. The minimum atomic E-state index is 0.218. The van der Waals surface area contributed by atoms with E-state index in [-0.39, 0.29) is 11.9 Å². The average Bonchev–Trinajstić information content (AvgIpc) is 3.31. The zero-order chi connectivity index (χ0) is 14.5. The monoisotopic (exact) mass is 295 g/mol. The number of ether oxygens (including phenoxy) is 1. The average molecular weight is 295 g/mol. The third kappa shape index (κ3) is 3.90. The number of hydrogen-bond acceptors (Lipinski definition) is 4. The summed E-state index contributed by atoms with van der Waals surface area (Å²) in [7, 11) is 1.69. The maximum absolute atomic E-state index is 9.43. The number of methoxy groups -OCH3 is 1. The lowest BCUT2D eigenvalue weighted by Gasteiger charge is -2.28. The zero-order valence-electron chi connectivity index (χ0n) is 12.5. The Morgan fingerprint density at radius 2 is 2.00 bits per heavy atom. The lowest BCUT2D eigenvalue weighted by molar-refractivity contribution is 0.267. The molecule has 0 aliphatic heterocycles. The van der Waals surface area contributed by atoms with Gasteiger partial charge in [-0.15, -0.1) is 0 Å². The third-order valence-electron chi connectivity index (χ3n) is 4.05. The van der Waals surface area contributed by atoms with Crippen molar-refractivity contribution >= 4 is 11.8 Å². The maximum Gasteiger partial charge on any atom is 0.118 e. The van der Waals surface area contributed by atoms with E-state index in [4.69, 9.17) is 4.74 Å². The molecule has 1 saturated carbocycles. The fraction of sp³-hybridized carbons (Fsp3) is 0.625. The second kappa shape index (κ2) is 7.34. The molecule has 0 aromatic heterocycles. The summed E-state index contributed by atoms with van der Waals surface area (Å²) in [5.41, 5.74) is 1.32. The van der Waals surface area contributed by atoms with Crippen LogP contribution < -0.4 is 10.1 Å². The minimum absolute atomic E-state index is 0.218. The standard InChI is InChI=1S/C16H25NO2S/c1-11(15(10-18)20-3)17-16(12-4-5-12)13-6-8-14(19-2)9-7-13/h6-9,11-12,15-18H,4-5,10H2,1-3H3. The van der Waals surface area contributed by atoms with Gasteiger partial charge in [0.2, 0.25) is 0 Å². The number of aliphatic hydroxyl groups excluding tert-OH is 1. The Morgan fingerprint density at radius 1 is 1.35 bits per heavy atom. The largest absolute Gasteiger partial charge is 0.497 e. The van der Waals surface area contributed by atoms with E-state index >= 15 is 0 Å². The molecule has 0 amide bonds. The van der Waals surface area contributed by atoms with Gasteiger partial charge in [0, 0.05) is 17.3 Å². The number of rotatable bonds is 8. The van der Waals surface area contributed by atoms with Gasteiger partial charge in [-0.25, -0.2) is 0 Å². The molecule has 0 radical (unpaired) electrons. The van der Waals surface area contributed by atoms with Gasteiger partial charge in [0.05, 0.1) is 13.7 Å². The number of thioether (sulfide) groups is 1. The molecule has 3 unspecified atom stereocenters. The fourth-order valence-corrected chi connectivity index (χ4v) is 3.21. The predicted octanol–water partition coefficient (Wildman–Crippen LogP) is 2.85. The molecule has 1 aliphatic rings. The van der Waals surface area contributed by atoms with Gasteiger partial charge < -0.3 is 15.2 Å². The van der Waals surface area contributed by atoms with Crippen molar-refractivity contribution in [1.29, 1.82) is 0 Å². The Morgan fingerprint density at radius 3 is 2.45 bits per heavy atom. The van der Waals surface area contributed by atoms with Crippen LogP contribution in [0.5, 0.6) is 5.75 Å². The Balaban J connectivity index is 2.06. The van der Waals surface area contributed by atoms with E-state index < -0.39 is 0 Å². The van der Waals surface area contributed by atoms with Crippen LogP contribution in [0, 0.1) is 5.92 Å². The Hall–Kier alpha value is -0.710. The van der Waals surface area contributed by atoms with E-state index in [1.807, 2.05) is 12.1 Å². The second-order valence-corrected chi connectivity index (χ2v) is 6.58. The number of nitrogens with one attached hydrogen (secondary N) is 1. The van der Waals surface area contributed by atoms with Crippen LogP contribution in [-0.4, -0.2) is 36.4 Å². The lowest BCUT2D eigenvalue weighted by Crippen LogP contribution is -2.40. The van der Waals surface area contributed by atoms with Gasteiger partial charge in [-0.2, -0.15) is 11.8 Å². The van der Waals surface area contributed by atoms with Crippen molar-refractivity contribution in [2.24, 2.45) is 5.92 Å².